The van der Waals surface area contributed by atoms with E-state index in [0.717, 1.165) is 11.1 Å². The number of fused-ring (bicyclic) bond motifs is 1. The Labute approximate surface area is 168 Å². The third kappa shape index (κ3) is 4.03. The molecule has 0 aliphatic carbocycles. The summed E-state index contributed by atoms with van der Waals surface area (Å²) in [7, 11) is 0. The predicted octanol–water partition coefficient (Wildman–Crippen LogP) is 2.54. The van der Waals surface area contributed by atoms with Crippen LogP contribution in [0, 0.1) is 0 Å². The molecule has 1 atom stereocenters. The van der Waals surface area contributed by atoms with E-state index < -0.39 is 0 Å². The first-order valence-corrected chi connectivity index (χ1v) is 9.67. The molecule has 1 aromatic heterocycles. The quantitative estimate of drug-likeness (QED) is 0.699. The Kier molecular flexibility index (Phi) is 5.37. The van der Waals surface area contributed by atoms with E-state index in [2.05, 4.69) is 15.5 Å². The van der Waals surface area contributed by atoms with E-state index in [4.69, 9.17) is 4.52 Å². The van der Waals surface area contributed by atoms with Crippen LogP contribution < -0.4 is 5.32 Å². The number of aromatic nitrogens is 2. The summed E-state index contributed by atoms with van der Waals surface area (Å²) in [5.41, 5.74) is 2.54. The first kappa shape index (κ1) is 18.9. The molecule has 2 aromatic carbocycles. The molecule has 29 heavy (non-hydrogen) atoms. The number of carbonyl (C=O) groups excluding carboxylic acids is 2. The van der Waals surface area contributed by atoms with Crippen molar-refractivity contribution in [1.29, 1.82) is 0 Å². The van der Waals surface area contributed by atoms with E-state index >= 15 is 0 Å². The van der Waals surface area contributed by atoms with Gasteiger partial charge in [-0.05, 0) is 24.1 Å². The van der Waals surface area contributed by atoms with Crippen LogP contribution in [-0.2, 0) is 17.8 Å². The molecule has 7 nitrogen and oxygen atoms in total. The summed E-state index contributed by atoms with van der Waals surface area (Å²) in [6.45, 7) is 3.48. The van der Waals surface area contributed by atoms with Gasteiger partial charge in [0.05, 0.1) is 12.3 Å². The summed E-state index contributed by atoms with van der Waals surface area (Å²) in [6.07, 6.45) is 0.0743. The zero-order valence-corrected chi connectivity index (χ0v) is 16.2. The third-order valence-corrected chi connectivity index (χ3v) is 5.09. The van der Waals surface area contributed by atoms with Gasteiger partial charge in [-0.25, -0.2) is 0 Å². The number of rotatable bonds is 6. The number of nitrogens with one attached hydrogen (secondary N) is 1. The van der Waals surface area contributed by atoms with E-state index in [1.807, 2.05) is 55.5 Å². The highest BCUT2D eigenvalue weighted by molar-refractivity contribution is 5.97. The highest BCUT2D eigenvalue weighted by Gasteiger charge is 2.30. The fraction of sp³-hybridized carbons (Fsp3) is 0.273. The Morgan fingerprint density at radius 3 is 2.72 bits per heavy atom. The van der Waals surface area contributed by atoms with Gasteiger partial charge in [0.1, 0.15) is 0 Å². The van der Waals surface area contributed by atoms with Crippen LogP contribution >= 0.6 is 0 Å². The summed E-state index contributed by atoms with van der Waals surface area (Å²) >= 11 is 0. The van der Waals surface area contributed by atoms with Crippen molar-refractivity contribution in [3.63, 3.8) is 0 Å². The molecule has 1 aliphatic rings. The Morgan fingerprint density at radius 2 is 1.93 bits per heavy atom. The highest BCUT2D eigenvalue weighted by atomic mass is 16.5. The fourth-order valence-corrected chi connectivity index (χ4v) is 3.54. The predicted molar refractivity (Wildman–Crippen MR) is 106 cm³/mol. The van der Waals surface area contributed by atoms with Gasteiger partial charge in [0.2, 0.25) is 11.8 Å². The van der Waals surface area contributed by atoms with Crippen LogP contribution in [0.4, 0.5) is 0 Å². The standard InChI is InChI=1S/C22H22N4O3/c1-2-26(14-15-8-4-3-5-9-15)20(27)12-19-24-22(29-25-19)18-13-23-21(28)17-11-7-6-10-16(17)18/h3-11,18H,2,12-14H2,1H3,(H,23,28). The molecule has 1 N–H and O–H groups in total. The van der Waals surface area contributed by atoms with E-state index in [1.54, 1.807) is 11.0 Å². The molecular formula is C22H22N4O3. The van der Waals surface area contributed by atoms with Gasteiger partial charge in [0, 0.05) is 25.2 Å². The molecule has 0 spiro atoms. The topological polar surface area (TPSA) is 88.3 Å². The van der Waals surface area contributed by atoms with Gasteiger partial charge in [-0.1, -0.05) is 53.7 Å². The lowest BCUT2D eigenvalue weighted by Gasteiger charge is -2.22. The molecule has 4 rings (SSSR count). The molecule has 0 saturated carbocycles. The fourth-order valence-electron chi connectivity index (χ4n) is 3.54. The normalized spacial score (nSPS) is 15.5. The first-order chi connectivity index (χ1) is 14.2. The van der Waals surface area contributed by atoms with Gasteiger partial charge in [-0.2, -0.15) is 4.98 Å². The SMILES string of the molecule is CCN(Cc1ccccc1)C(=O)Cc1noc(C2CNC(=O)c3ccccc32)n1. The van der Waals surface area contributed by atoms with Crippen molar-refractivity contribution >= 4 is 11.8 Å². The van der Waals surface area contributed by atoms with Crippen LogP contribution in [0.1, 0.15) is 46.0 Å². The smallest absolute Gasteiger partial charge is 0.251 e. The van der Waals surface area contributed by atoms with Crippen LogP contribution in [-0.4, -0.2) is 39.9 Å². The van der Waals surface area contributed by atoms with Crippen molar-refractivity contribution in [2.24, 2.45) is 0 Å². The Morgan fingerprint density at radius 1 is 1.17 bits per heavy atom. The molecule has 148 valence electrons. The second-order valence-electron chi connectivity index (χ2n) is 6.97. The largest absolute Gasteiger partial charge is 0.351 e. The summed E-state index contributed by atoms with van der Waals surface area (Å²) in [6, 6.07) is 17.2. The average molecular weight is 390 g/mol. The van der Waals surface area contributed by atoms with Crippen molar-refractivity contribution in [1.82, 2.24) is 20.4 Å². The maximum Gasteiger partial charge on any atom is 0.251 e. The van der Waals surface area contributed by atoms with Gasteiger partial charge in [0.15, 0.2) is 5.82 Å². The van der Waals surface area contributed by atoms with Gasteiger partial charge in [-0.15, -0.1) is 0 Å². The number of likely N-dealkylation sites (N-methyl/N-ethyl adjacent to an activating group) is 1. The third-order valence-electron chi connectivity index (χ3n) is 5.09. The van der Waals surface area contributed by atoms with Gasteiger partial charge in [0.25, 0.3) is 5.91 Å². The minimum atomic E-state index is -0.216. The monoisotopic (exact) mass is 390 g/mol. The Balaban J connectivity index is 1.47. The molecule has 0 saturated heterocycles. The molecule has 0 bridgehead atoms. The molecule has 1 aliphatic heterocycles. The summed E-state index contributed by atoms with van der Waals surface area (Å²) in [4.78, 5) is 31.0. The second kappa shape index (κ2) is 8.26. The van der Waals surface area contributed by atoms with Crippen LogP contribution in [0.25, 0.3) is 0 Å². The molecule has 1 unspecified atom stereocenters. The van der Waals surface area contributed by atoms with Crippen LogP contribution in [0.5, 0.6) is 0 Å². The first-order valence-electron chi connectivity index (χ1n) is 9.67. The highest BCUT2D eigenvalue weighted by Crippen LogP contribution is 2.29. The zero-order chi connectivity index (χ0) is 20.2. The minimum Gasteiger partial charge on any atom is -0.351 e. The Bertz CT molecular complexity index is 1020. The summed E-state index contributed by atoms with van der Waals surface area (Å²) < 4.78 is 5.45. The van der Waals surface area contributed by atoms with Gasteiger partial charge >= 0.3 is 0 Å². The van der Waals surface area contributed by atoms with Crippen LogP contribution in [0.2, 0.25) is 0 Å². The number of hydrogen-bond acceptors (Lipinski definition) is 5. The van der Waals surface area contributed by atoms with E-state index in [1.165, 1.54) is 0 Å². The van der Waals surface area contributed by atoms with Crippen LogP contribution in [0.3, 0.4) is 0 Å². The summed E-state index contributed by atoms with van der Waals surface area (Å²) in [5, 5.41) is 6.85. The Hall–Kier alpha value is -3.48. The lowest BCUT2D eigenvalue weighted by Crippen LogP contribution is -2.35. The number of nitrogens with zero attached hydrogens (tertiary/aromatic N) is 3. The average Bonchev–Trinajstić information content (AvgIpc) is 3.21. The molecular weight excluding hydrogens is 368 g/mol. The second-order valence-corrected chi connectivity index (χ2v) is 6.97. The maximum atomic E-state index is 12.7. The van der Waals surface area contributed by atoms with Gasteiger partial charge < -0.3 is 14.7 Å². The van der Waals surface area contributed by atoms with Gasteiger partial charge in [-0.3, -0.25) is 9.59 Å². The van der Waals surface area contributed by atoms with Crippen molar-refractivity contribution in [3.8, 4) is 0 Å². The van der Waals surface area contributed by atoms with Crippen molar-refractivity contribution in [2.75, 3.05) is 13.1 Å². The molecule has 7 heteroatoms. The lowest BCUT2D eigenvalue weighted by molar-refractivity contribution is -0.131. The number of amides is 2. The lowest BCUT2D eigenvalue weighted by atomic mass is 9.90. The summed E-state index contributed by atoms with van der Waals surface area (Å²) in [5.74, 6) is 0.386. The number of benzene rings is 2. The maximum absolute atomic E-state index is 12.7. The zero-order valence-electron chi connectivity index (χ0n) is 16.2. The number of hydrogen-bond donors (Lipinski definition) is 1. The van der Waals surface area contributed by atoms with E-state index in [9.17, 15) is 9.59 Å². The molecule has 2 heterocycles. The molecule has 0 radical (unpaired) electrons. The van der Waals surface area contributed by atoms with Crippen molar-refractivity contribution in [2.45, 2.75) is 25.8 Å². The van der Waals surface area contributed by atoms with E-state index in [-0.39, 0.29) is 24.2 Å². The molecule has 3 aromatic rings. The minimum absolute atomic E-state index is 0.0546. The van der Waals surface area contributed by atoms with Crippen molar-refractivity contribution in [3.05, 3.63) is 83.0 Å². The molecule has 2 amide bonds. The van der Waals surface area contributed by atoms with Crippen molar-refractivity contribution < 1.29 is 14.1 Å². The number of carbonyl (C=O) groups is 2. The molecule has 0 fully saturated rings. The van der Waals surface area contributed by atoms with E-state index in [0.29, 0.717) is 36.9 Å². The van der Waals surface area contributed by atoms with Crippen LogP contribution in [0.15, 0.2) is 59.1 Å².